The van der Waals surface area contributed by atoms with Gasteiger partial charge in [0.05, 0.1) is 28.0 Å². The molecule has 0 spiro atoms. The van der Waals surface area contributed by atoms with Crippen LogP contribution in [0.25, 0.3) is 27.3 Å². The molecule has 44 heavy (non-hydrogen) atoms. The van der Waals surface area contributed by atoms with Crippen LogP contribution in [0.15, 0.2) is 107 Å². The number of non-ortho nitro benzene ring substituents is 1. The third-order valence-electron chi connectivity index (χ3n) is 6.49. The first-order chi connectivity index (χ1) is 21.5. The molecule has 13 heteroatoms. The Labute approximate surface area is 264 Å². The van der Waals surface area contributed by atoms with Gasteiger partial charge in [-0.2, -0.15) is 0 Å². The zero-order chi connectivity index (χ0) is 30.5. The fraction of sp³-hybridized carbons (Fsp3) is 0.0968. The van der Waals surface area contributed by atoms with Crippen molar-refractivity contribution in [1.82, 2.24) is 19.7 Å². The van der Waals surface area contributed by atoms with Gasteiger partial charge in [0.2, 0.25) is 5.91 Å². The normalized spacial score (nSPS) is 11.0. The van der Waals surface area contributed by atoms with Crippen molar-refractivity contribution in [3.8, 4) is 22.8 Å². The molecule has 6 aromatic rings. The summed E-state index contributed by atoms with van der Waals surface area (Å²) >= 11 is 4.28. The Kier molecular flexibility index (Phi) is 8.86. The van der Waals surface area contributed by atoms with E-state index in [9.17, 15) is 14.9 Å². The maximum atomic E-state index is 13.0. The van der Waals surface area contributed by atoms with Crippen molar-refractivity contribution in [2.24, 2.45) is 0 Å². The lowest BCUT2D eigenvalue weighted by Gasteiger charge is -2.10. The van der Waals surface area contributed by atoms with Crippen molar-refractivity contribution in [3.05, 3.63) is 113 Å². The highest BCUT2D eigenvalue weighted by molar-refractivity contribution is 8.00. The van der Waals surface area contributed by atoms with Crippen LogP contribution in [0.5, 0.6) is 5.75 Å². The molecule has 4 aromatic carbocycles. The van der Waals surface area contributed by atoms with Gasteiger partial charge in [-0.05, 0) is 36.4 Å². The minimum atomic E-state index is -0.421. The smallest absolute Gasteiger partial charge is 0.270 e. The molecule has 0 radical (unpaired) electrons. The van der Waals surface area contributed by atoms with Gasteiger partial charge >= 0.3 is 0 Å². The van der Waals surface area contributed by atoms with E-state index in [1.54, 1.807) is 6.07 Å². The average molecular weight is 641 g/mol. The van der Waals surface area contributed by atoms with Gasteiger partial charge in [0, 0.05) is 40.4 Å². The number of ether oxygens (including phenoxy) is 1. The number of carbonyl (C=O) groups excluding carboxylic acids is 1. The second-order valence-electron chi connectivity index (χ2n) is 9.38. The highest BCUT2D eigenvalue weighted by Gasteiger charge is 2.18. The molecule has 6 rings (SSSR count). The van der Waals surface area contributed by atoms with Crippen LogP contribution in [-0.4, -0.2) is 43.4 Å². The van der Waals surface area contributed by atoms with Gasteiger partial charge in [-0.3, -0.25) is 19.5 Å². The number of aromatic nitrogens is 4. The SMILES string of the molecule is COc1ccc([N+](=O)[O-])cc1CSc1nc2ccc(NC(=O)CSc3nnc(-c4ccccc4)n3-c3ccccc3)cc2s1. The maximum absolute atomic E-state index is 13.0. The summed E-state index contributed by atoms with van der Waals surface area (Å²) in [5.74, 6) is 1.73. The van der Waals surface area contributed by atoms with E-state index in [1.807, 2.05) is 83.4 Å². The topological polar surface area (TPSA) is 125 Å². The van der Waals surface area contributed by atoms with Crippen molar-refractivity contribution in [1.29, 1.82) is 0 Å². The Hall–Kier alpha value is -4.72. The Bertz CT molecular complexity index is 1950. The molecule has 1 amide bonds. The summed E-state index contributed by atoms with van der Waals surface area (Å²) in [4.78, 5) is 28.4. The van der Waals surface area contributed by atoms with Gasteiger partial charge < -0.3 is 10.1 Å². The number of rotatable bonds is 11. The summed E-state index contributed by atoms with van der Waals surface area (Å²) in [5, 5.41) is 23.6. The molecule has 0 atom stereocenters. The van der Waals surface area contributed by atoms with E-state index in [0.29, 0.717) is 28.2 Å². The van der Waals surface area contributed by atoms with E-state index in [0.717, 1.165) is 31.4 Å². The van der Waals surface area contributed by atoms with Crippen molar-refractivity contribution >= 4 is 62.4 Å². The molecular weight excluding hydrogens is 617 g/mol. The van der Waals surface area contributed by atoms with Crippen LogP contribution in [0.4, 0.5) is 11.4 Å². The second kappa shape index (κ2) is 13.3. The van der Waals surface area contributed by atoms with Gasteiger partial charge in [-0.1, -0.05) is 72.1 Å². The monoisotopic (exact) mass is 640 g/mol. The van der Waals surface area contributed by atoms with Crippen LogP contribution in [0, 0.1) is 10.1 Å². The highest BCUT2D eigenvalue weighted by atomic mass is 32.2. The Morgan fingerprint density at radius 2 is 1.75 bits per heavy atom. The van der Waals surface area contributed by atoms with Crippen LogP contribution in [-0.2, 0) is 10.5 Å². The van der Waals surface area contributed by atoms with Gasteiger partial charge in [-0.25, -0.2) is 4.98 Å². The molecular formula is C31H24N6O4S3. The quantitative estimate of drug-likeness (QED) is 0.0871. The van der Waals surface area contributed by atoms with Crippen molar-refractivity contribution in [2.45, 2.75) is 15.2 Å². The second-order valence-corrected chi connectivity index (χ2v) is 12.6. The predicted molar refractivity (Wildman–Crippen MR) is 175 cm³/mol. The number of hydrogen-bond acceptors (Lipinski definition) is 10. The molecule has 0 aliphatic carbocycles. The molecule has 1 N–H and O–H groups in total. The number of nitrogens with zero attached hydrogens (tertiary/aromatic N) is 5. The van der Waals surface area contributed by atoms with Gasteiger partial charge in [0.15, 0.2) is 15.3 Å². The summed E-state index contributed by atoms with van der Waals surface area (Å²) in [6, 6.07) is 29.8. The number of methoxy groups -OCH3 is 1. The summed E-state index contributed by atoms with van der Waals surface area (Å²) in [6.07, 6.45) is 0. The number of fused-ring (bicyclic) bond motifs is 1. The Morgan fingerprint density at radius 1 is 0.977 bits per heavy atom. The molecule has 0 aliphatic rings. The van der Waals surface area contributed by atoms with E-state index in [-0.39, 0.29) is 17.3 Å². The number of thiazole rings is 1. The minimum Gasteiger partial charge on any atom is -0.496 e. The number of anilines is 1. The number of nitro benzene ring substituents is 1. The van der Waals surface area contributed by atoms with Crippen molar-refractivity contribution in [2.75, 3.05) is 18.2 Å². The van der Waals surface area contributed by atoms with Crippen LogP contribution >= 0.6 is 34.9 Å². The lowest BCUT2D eigenvalue weighted by Crippen LogP contribution is -2.14. The lowest BCUT2D eigenvalue weighted by molar-refractivity contribution is -0.384. The third-order valence-corrected chi connectivity index (χ3v) is 9.63. The zero-order valence-electron chi connectivity index (χ0n) is 23.2. The maximum Gasteiger partial charge on any atom is 0.270 e. The van der Waals surface area contributed by atoms with E-state index >= 15 is 0 Å². The average Bonchev–Trinajstić information content (AvgIpc) is 3.67. The number of nitro groups is 1. The van der Waals surface area contributed by atoms with Crippen molar-refractivity contribution in [3.63, 3.8) is 0 Å². The number of thioether (sulfide) groups is 2. The van der Waals surface area contributed by atoms with E-state index in [2.05, 4.69) is 20.5 Å². The van der Waals surface area contributed by atoms with Gasteiger partial charge in [0.25, 0.3) is 5.69 Å². The van der Waals surface area contributed by atoms with Crippen LogP contribution in [0.3, 0.4) is 0 Å². The van der Waals surface area contributed by atoms with Gasteiger partial charge in [-0.15, -0.1) is 21.5 Å². The number of amides is 1. The fourth-order valence-electron chi connectivity index (χ4n) is 4.45. The largest absolute Gasteiger partial charge is 0.496 e. The Morgan fingerprint density at radius 3 is 2.50 bits per heavy atom. The first-order valence-corrected chi connectivity index (χ1v) is 16.1. The number of benzene rings is 4. The summed E-state index contributed by atoms with van der Waals surface area (Å²) in [7, 11) is 1.54. The first kappa shape index (κ1) is 29.4. The predicted octanol–water partition coefficient (Wildman–Crippen LogP) is 7.48. The molecule has 0 fully saturated rings. The van der Waals surface area contributed by atoms with Gasteiger partial charge in [0.1, 0.15) is 5.75 Å². The van der Waals surface area contributed by atoms with Crippen LogP contribution in [0.1, 0.15) is 5.56 Å². The molecule has 0 bridgehead atoms. The molecule has 0 aliphatic heterocycles. The first-order valence-electron chi connectivity index (χ1n) is 13.3. The summed E-state index contributed by atoms with van der Waals surface area (Å²) < 4.78 is 9.06. The van der Waals surface area contributed by atoms with Crippen molar-refractivity contribution < 1.29 is 14.5 Å². The molecule has 0 unspecified atom stereocenters. The Balaban J connectivity index is 1.13. The summed E-state index contributed by atoms with van der Waals surface area (Å²) in [5.41, 5.74) is 4.04. The standard InChI is InChI=1S/C31H24N6O4S3/c1-41-26-15-13-24(37(39)40)16-21(26)18-43-31-33-25-14-12-22(17-27(25)44-31)32-28(38)19-42-30-35-34-29(20-8-4-2-5-9-20)36(30)23-10-6-3-7-11-23/h2-17H,18-19H2,1H3,(H,32,38). The van der Waals surface area contributed by atoms with Crippen LogP contribution in [0.2, 0.25) is 0 Å². The molecule has 220 valence electrons. The van der Waals surface area contributed by atoms with E-state index in [4.69, 9.17) is 4.74 Å². The fourth-order valence-corrected chi connectivity index (χ4v) is 7.29. The zero-order valence-corrected chi connectivity index (χ0v) is 25.7. The number of hydrogen-bond donors (Lipinski definition) is 1. The number of nitrogens with one attached hydrogen (secondary N) is 1. The molecule has 0 saturated heterocycles. The summed E-state index contributed by atoms with van der Waals surface area (Å²) in [6.45, 7) is 0. The molecule has 2 aromatic heterocycles. The van der Waals surface area contributed by atoms with E-state index < -0.39 is 4.92 Å². The molecule has 0 saturated carbocycles. The third kappa shape index (κ3) is 6.59. The highest BCUT2D eigenvalue weighted by Crippen LogP contribution is 2.36. The van der Waals surface area contributed by atoms with E-state index in [1.165, 1.54) is 54.1 Å². The minimum absolute atomic E-state index is 0.0150. The molecule has 10 nitrogen and oxygen atoms in total. The van der Waals surface area contributed by atoms with Crippen LogP contribution < -0.4 is 10.1 Å². The number of para-hydroxylation sites is 1. The number of carbonyl (C=O) groups is 1. The lowest BCUT2D eigenvalue weighted by atomic mass is 10.2. The molecule has 2 heterocycles.